The fraction of sp³-hybridized carbons (Fsp3) is 0.316. The summed E-state index contributed by atoms with van der Waals surface area (Å²) in [6.07, 6.45) is 5.65. The van der Waals surface area contributed by atoms with Crippen molar-refractivity contribution in [2.75, 3.05) is 20.1 Å². The van der Waals surface area contributed by atoms with Gasteiger partial charge in [0.05, 0.1) is 16.8 Å². The van der Waals surface area contributed by atoms with Gasteiger partial charge in [-0.25, -0.2) is 9.97 Å². The zero-order valence-electron chi connectivity index (χ0n) is 15.1. The maximum atomic E-state index is 12.7. The second kappa shape index (κ2) is 7.03. The molecule has 4 rings (SSSR count). The summed E-state index contributed by atoms with van der Waals surface area (Å²) in [5.41, 5.74) is 2.12. The van der Waals surface area contributed by atoms with Crippen LogP contribution in [-0.4, -0.2) is 51.8 Å². The fourth-order valence-corrected chi connectivity index (χ4v) is 4.66. The number of likely N-dealkylation sites (tertiary alicyclic amines) is 1. The largest absolute Gasteiger partial charge is 0.354 e. The second-order valence-corrected chi connectivity index (χ2v) is 7.56. The third-order valence-electron chi connectivity index (χ3n) is 4.82. The minimum absolute atomic E-state index is 0.0950. The summed E-state index contributed by atoms with van der Waals surface area (Å²) in [4.78, 5) is 41.2. The molecule has 2 amide bonds. The van der Waals surface area contributed by atoms with E-state index in [9.17, 15) is 9.59 Å². The molecule has 27 heavy (non-hydrogen) atoms. The summed E-state index contributed by atoms with van der Waals surface area (Å²) in [5, 5.41) is 3.71. The number of aryl methyl sites for hydroxylation is 1. The van der Waals surface area contributed by atoms with E-state index in [2.05, 4.69) is 20.3 Å². The van der Waals surface area contributed by atoms with Crippen LogP contribution in [0.4, 0.5) is 0 Å². The molecule has 0 bridgehead atoms. The van der Waals surface area contributed by atoms with Crippen molar-refractivity contribution >= 4 is 33.4 Å². The van der Waals surface area contributed by atoms with Crippen molar-refractivity contribution in [3.05, 3.63) is 52.6 Å². The molecule has 3 aromatic heterocycles. The molecule has 1 saturated heterocycles. The lowest BCUT2D eigenvalue weighted by molar-refractivity contribution is 0.0784. The van der Waals surface area contributed by atoms with Gasteiger partial charge in [-0.3, -0.25) is 14.6 Å². The Morgan fingerprint density at radius 2 is 2.11 bits per heavy atom. The van der Waals surface area contributed by atoms with Crippen molar-refractivity contribution in [3.63, 3.8) is 0 Å². The first-order valence-corrected chi connectivity index (χ1v) is 9.57. The quantitative estimate of drug-likeness (QED) is 0.753. The lowest BCUT2D eigenvalue weighted by atomic mass is 9.95. The van der Waals surface area contributed by atoms with Gasteiger partial charge in [-0.2, -0.15) is 0 Å². The molecule has 0 spiro atoms. The van der Waals surface area contributed by atoms with E-state index in [1.807, 2.05) is 19.1 Å². The van der Waals surface area contributed by atoms with Crippen LogP contribution in [-0.2, 0) is 0 Å². The van der Waals surface area contributed by atoms with Crippen LogP contribution >= 0.6 is 11.3 Å². The van der Waals surface area contributed by atoms with E-state index in [4.69, 9.17) is 0 Å². The van der Waals surface area contributed by atoms with E-state index in [-0.39, 0.29) is 17.7 Å². The maximum absolute atomic E-state index is 12.7. The van der Waals surface area contributed by atoms with Crippen molar-refractivity contribution in [3.8, 4) is 0 Å². The summed E-state index contributed by atoms with van der Waals surface area (Å²) in [5.74, 6) is -0.135. The highest BCUT2D eigenvalue weighted by Crippen LogP contribution is 2.39. The van der Waals surface area contributed by atoms with Crippen LogP contribution in [0.1, 0.15) is 43.8 Å². The summed E-state index contributed by atoms with van der Waals surface area (Å²) >= 11 is 1.40. The second-order valence-electron chi connectivity index (χ2n) is 6.56. The van der Waals surface area contributed by atoms with E-state index < -0.39 is 0 Å². The first-order valence-electron chi connectivity index (χ1n) is 8.76. The summed E-state index contributed by atoms with van der Waals surface area (Å²) in [6, 6.07) is 3.88. The highest BCUT2D eigenvalue weighted by Gasteiger charge is 2.33. The monoisotopic (exact) mass is 381 g/mol. The zero-order valence-corrected chi connectivity index (χ0v) is 15.9. The van der Waals surface area contributed by atoms with Crippen LogP contribution in [0, 0.1) is 6.92 Å². The Morgan fingerprint density at radius 1 is 1.26 bits per heavy atom. The maximum Gasteiger partial charge on any atom is 0.274 e. The van der Waals surface area contributed by atoms with Gasteiger partial charge in [0.15, 0.2) is 0 Å². The minimum atomic E-state index is -0.121. The molecule has 1 N–H and O–H groups in total. The number of aromatic nitrogens is 3. The van der Waals surface area contributed by atoms with Crippen LogP contribution in [0.25, 0.3) is 10.2 Å². The van der Waals surface area contributed by atoms with Crippen LogP contribution < -0.4 is 5.32 Å². The highest BCUT2D eigenvalue weighted by atomic mass is 32.1. The molecule has 1 unspecified atom stereocenters. The number of amides is 2. The van der Waals surface area contributed by atoms with Gasteiger partial charge < -0.3 is 10.2 Å². The zero-order chi connectivity index (χ0) is 19.0. The average Bonchev–Trinajstić information content (AvgIpc) is 3.32. The number of pyridine rings is 1. The number of hydrogen-bond acceptors (Lipinski definition) is 6. The Balaban J connectivity index is 1.64. The molecule has 0 aliphatic carbocycles. The van der Waals surface area contributed by atoms with Gasteiger partial charge in [0.1, 0.15) is 10.5 Å². The van der Waals surface area contributed by atoms with Gasteiger partial charge in [0.2, 0.25) is 0 Å². The first-order chi connectivity index (χ1) is 13.1. The van der Waals surface area contributed by atoms with E-state index in [0.717, 1.165) is 27.9 Å². The number of thiophene rings is 1. The molecule has 1 fully saturated rings. The van der Waals surface area contributed by atoms with Crippen LogP contribution in [0.3, 0.4) is 0 Å². The predicted molar refractivity (Wildman–Crippen MR) is 103 cm³/mol. The molecule has 3 aromatic rings. The molecule has 1 aliphatic rings. The smallest absolute Gasteiger partial charge is 0.274 e. The Hall–Kier alpha value is -2.87. The van der Waals surface area contributed by atoms with Crippen molar-refractivity contribution in [1.82, 2.24) is 25.2 Å². The highest BCUT2D eigenvalue weighted by molar-refractivity contribution is 7.20. The summed E-state index contributed by atoms with van der Waals surface area (Å²) in [7, 11) is 1.63. The van der Waals surface area contributed by atoms with Gasteiger partial charge in [-0.1, -0.05) is 6.07 Å². The molecule has 1 aliphatic heterocycles. The third kappa shape index (κ3) is 3.16. The number of carbonyl (C=O) groups is 2. The minimum Gasteiger partial charge on any atom is -0.354 e. The standard InChI is InChI=1S/C19H19N5O2S/c1-11-8-23-14(9-22-11)19(26)24-7-5-12(10-24)15-13-4-3-6-21-18(13)27-16(15)17(25)20-2/h3-4,6,8-9,12H,5,7,10H2,1-2H3,(H,20,25). The van der Waals surface area contributed by atoms with Gasteiger partial charge in [0, 0.05) is 43.8 Å². The van der Waals surface area contributed by atoms with E-state index >= 15 is 0 Å². The lowest BCUT2D eigenvalue weighted by Crippen LogP contribution is -2.29. The number of carbonyl (C=O) groups excluding carboxylic acids is 2. The summed E-state index contributed by atoms with van der Waals surface area (Å²) < 4.78 is 0. The lowest BCUT2D eigenvalue weighted by Gasteiger charge is -2.16. The first kappa shape index (κ1) is 17.5. The van der Waals surface area contributed by atoms with Crippen LogP contribution in [0.15, 0.2) is 30.7 Å². The predicted octanol–water partition coefficient (Wildman–Crippen LogP) is 2.38. The molecule has 7 nitrogen and oxygen atoms in total. The van der Waals surface area contributed by atoms with Gasteiger partial charge in [0.25, 0.3) is 11.8 Å². The average molecular weight is 381 g/mol. The van der Waals surface area contributed by atoms with Gasteiger partial charge in [-0.15, -0.1) is 11.3 Å². The van der Waals surface area contributed by atoms with Gasteiger partial charge in [-0.05, 0) is 25.0 Å². The molecule has 8 heteroatoms. The van der Waals surface area contributed by atoms with Crippen LogP contribution in [0.2, 0.25) is 0 Å². The topological polar surface area (TPSA) is 88.1 Å². The Kier molecular flexibility index (Phi) is 4.57. The van der Waals surface area contributed by atoms with Crippen molar-refractivity contribution < 1.29 is 9.59 Å². The Morgan fingerprint density at radius 3 is 2.85 bits per heavy atom. The Bertz CT molecular complexity index is 1010. The number of rotatable bonds is 3. The molecule has 4 heterocycles. The molecule has 0 aromatic carbocycles. The molecule has 1 atom stereocenters. The molecule has 138 valence electrons. The normalized spacial score (nSPS) is 16.7. The Labute approximate surface area is 160 Å². The molecule has 0 radical (unpaired) electrons. The van der Waals surface area contributed by atoms with E-state index in [0.29, 0.717) is 23.7 Å². The fourth-order valence-electron chi connectivity index (χ4n) is 3.48. The number of hydrogen-bond donors (Lipinski definition) is 1. The van der Waals surface area contributed by atoms with Crippen molar-refractivity contribution in [2.45, 2.75) is 19.3 Å². The number of nitrogens with zero attached hydrogens (tertiary/aromatic N) is 4. The van der Waals surface area contributed by atoms with Gasteiger partial charge >= 0.3 is 0 Å². The molecular formula is C19H19N5O2S. The molecule has 0 saturated carbocycles. The third-order valence-corrected chi connectivity index (χ3v) is 5.95. The number of fused-ring (bicyclic) bond motifs is 1. The van der Waals surface area contributed by atoms with E-state index in [1.165, 1.54) is 17.5 Å². The number of nitrogens with one attached hydrogen (secondary N) is 1. The summed E-state index contributed by atoms with van der Waals surface area (Å²) in [6.45, 7) is 3.02. The van der Waals surface area contributed by atoms with Crippen molar-refractivity contribution in [1.29, 1.82) is 0 Å². The van der Waals surface area contributed by atoms with Crippen molar-refractivity contribution in [2.24, 2.45) is 0 Å². The van der Waals surface area contributed by atoms with Crippen LogP contribution in [0.5, 0.6) is 0 Å². The molecular weight excluding hydrogens is 362 g/mol. The van der Waals surface area contributed by atoms with E-state index in [1.54, 1.807) is 24.3 Å². The SMILES string of the molecule is CNC(=O)c1sc2ncccc2c1C1CCN(C(=O)c2cnc(C)cn2)C1.